The predicted octanol–water partition coefficient (Wildman–Crippen LogP) is 1.11. The fourth-order valence-corrected chi connectivity index (χ4v) is 2.09. The SMILES string of the molecule is CC(C)[C@@H](N)C(=O)NCc1ccc(S(C)(=O)=O)cc1.Cl. The Bertz CT molecular complexity index is 541. The fourth-order valence-electron chi connectivity index (χ4n) is 1.46. The van der Waals surface area contributed by atoms with Crippen LogP contribution in [0.3, 0.4) is 0 Å². The molecule has 114 valence electrons. The molecule has 0 saturated heterocycles. The molecule has 20 heavy (non-hydrogen) atoms. The molecule has 0 spiro atoms. The van der Waals surface area contributed by atoms with Crippen molar-refractivity contribution in [3.63, 3.8) is 0 Å². The Balaban J connectivity index is 0.00000361. The van der Waals surface area contributed by atoms with Crippen LogP contribution >= 0.6 is 12.4 Å². The van der Waals surface area contributed by atoms with Crippen molar-refractivity contribution in [1.29, 1.82) is 0 Å². The molecule has 0 aliphatic heterocycles. The van der Waals surface area contributed by atoms with Gasteiger partial charge in [-0.2, -0.15) is 0 Å². The molecule has 0 aromatic heterocycles. The van der Waals surface area contributed by atoms with Crippen LogP contribution in [0.4, 0.5) is 0 Å². The van der Waals surface area contributed by atoms with Crippen molar-refractivity contribution >= 4 is 28.2 Å². The van der Waals surface area contributed by atoms with E-state index in [-0.39, 0.29) is 29.1 Å². The molecular weight excluding hydrogens is 300 g/mol. The monoisotopic (exact) mass is 320 g/mol. The molecule has 0 saturated carbocycles. The average Bonchev–Trinajstić information content (AvgIpc) is 2.34. The van der Waals surface area contributed by atoms with E-state index >= 15 is 0 Å². The average molecular weight is 321 g/mol. The fraction of sp³-hybridized carbons (Fsp3) is 0.462. The molecule has 1 aromatic carbocycles. The number of sulfone groups is 1. The zero-order valence-electron chi connectivity index (χ0n) is 11.8. The van der Waals surface area contributed by atoms with E-state index in [0.29, 0.717) is 6.54 Å². The number of rotatable bonds is 5. The van der Waals surface area contributed by atoms with Crippen LogP contribution in [0.15, 0.2) is 29.2 Å². The third kappa shape index (κ3) is 5.48. The van der Waals surface area contributed by atoms with Crippen LogP contribution in [0.5, 0.6) is 0 Å². The van der Waals surface area contributed by atoms with Gasteiger partial charge in [0.05, 0.1) is 10.9 Å². The molecule has 1 aromatic rings. The van der Waals surface area contributed by atoms with Gasteiger partial charge in [0.2, 0.25) is 5.91 Å². The largest absolute Gasteiger partial charge is 0.351 e. The van der Waals surface area contributed by atoms with Crippen LogP contribution in [0.2, 0.25) is 0 Å². The summed E-state index contributed by atoms with van der Waals surface area (Å²) in [5.74, 6) is -0.130. The number of nitrogens with one attached hydrogen (secondary N) is 1. The van der Waals surface area contributed by atoms with E-state index in [2.05, 4.69) is 5.32 Å². The summed E-state index contributed by atoms with van der Waals surface area (Å²) in [6.07, 6.45) is 1.16. The molecule has 5 nitrogen and oxygen atoms in total. The molecule has 0 heterocycles. The van der Waals surface area contributed by atoms with Crippen LogP contribution < -0.4 is 11.1 Å². The van der Waals surface area contributed by atoms with Crippen LogP contribution in [-0.2, 0) is 21.2 Å². The number of carbonyl (C=O) groups excluding carboxylic acids is 1. The summed E-state index contributed by atoms with van der Waals surface area (Å²) >= 11 is 0. The highest BCUT2D eigenvalue weighted by Gasteiger charge is 2.16. The van der Waals surface area contributed by atoms with Crippen molar-refractivity contribution in [2.45, 2.75) is 31.3 Å². The molecule has 0 aliphatic rings. The summed E-state index contributed by atoms with van der Waals surface area (Å²) in [5, 5.41) is 2.72. The first kappa shape index (κ1) is 18.9. The van der Waals surface area contributed by atoms with Gasteiger partial charge in [-0.05, 0) is 23.6 Å². The van der Waals surface area contributed by atoms with E-state index in [0.717, 1.165) is 11.8 Å². The van der Waals surface area contributed by atoms with Crippen molar-refractivity contribution in [2.24, 2.45) is 11.7 Å². The normalized spacial score (nSPS) is 12.7. The van der Waals surface area contributed by atoms with Gasteiger partial charge in [0.15, 0.2) is 9.84 Å². The van der Waals surface area contributed by atoms with Crippen LogP contribution in [-0.4, -0.2) is 26.6 Å². The van der Waals surface area contributed by atoms with E-state index in [9.17, 15) is 13.2 Å². The molecule has 1 atom stereocenters. The highest BCUT2D eigenvalue weighted by molar-refractivity contribution is 7.90. The van der Waals surface area contributed by atoms with Gasteiger partial charge in [0.25, 0.3) is 0 Å². The standard InChI is InChI=1S/C13H20N2O3S.ClH/c1-9(2)12(14)13(16)15-8-10-4-6-11(7-5-10)19(3,17)18;/h4-7,9,12H,8,14H2,1-3H3,(H,15,16);1H/t12-;/m1./s1. The molecule has 1 amide bonds. The van der Waals surface area contributed by atoms with Crippen LogP contribution in [0.1, 0.15) is 19.4 Å². The Kier molecular flexibility index (Phi) is 7.19. The number of benzene rings is 1. The summed E-state index contributed by atoms with van der Waals surface area (Å²) in [6.45, 7) is 4.10. The molecule has 7 heteroatoms. The van der Waals surface area contributed by atoms with Gasteiger partial charge in [-0.15, -0.1) is 12.4 Å². The topological polar surface area (TPSA) is 89.3 Å². The van der Waals surface area contributed by atoms with E-state index in [1.165, 1.54) is 12.1 Å². The summed E-state index contributed by atoms with van der Waals surface area (Å²) in [6, 6.07) is 5.88. The molecule has 0 fully saturated rings. The lowest BCUT2D eigenvalue weighted by Gasteiger charge is -2.15. The van der Waals surface area contributed by atoms with E-state index < -0.39 is 15.9 Å². The van der Waals surface area contributed by atoms with Gasteiger partial charge in [-0.3, -0.25) is 4.79 Å². The third-order valence-electron chi connectivity index (χ3n) is 2.84. The number of nitrogens with two attached hydrogens (primary N) is 1. The zero-order valence-corrected chi connectivity index (χ0v) is 13.4. The molecule has 0 bridgehead atoms. The number of carbonyl (C=O) groups is 1. The van der Waals surface area contributed by atoms with Crippen molar-refractivity contribution in [1.82, 2.24) is 5.32 Å². The first-order valence-corrected chi connectivity index (χ1v) is 7.93. The van der Waals surface area contributed by atoms with Crippen molar-refractivity contribution < 1.29 is 13.2 Å². The van der Waals surface area contributed by atoms with Crippen molar-refractivity contribution in [3.05, 3.63) is 29.8 Å². The molecule has 3 N–H and O–H groups in total. The Labute approximate surface area is 126 Å². The minimum atomic E-state index is -3.18. The second-order valence-electron chi connectivity index (χ2n) is 4.90. The number of halogens is 1. The lowest BCUT2D eigenvalue weighted by molar-refractivity contribution is -0.123. The summed E-state index contributed by atoms with van der Waals surface area (Å²) in [4.78, 5) is 11.9. The second-order valence-corrected chi connectivity index (χ2v) is 6.92. The Morgan fingerprint density at radius 2 is 1.75 bits per heavy atom. The first-order valence-electron chi connectivity index (χ1n) is 6.04. The van der Waals surface area contributed by atoms with Crippen molar-refractivity contribution in [2.75, 3.05) is 6.26 Å². The maximum absolute atomic E-state index is 11.7. The Morgan fingerprint density at radius 1 is 1.25 bits per heavy atom. The van der Waals surface area contributed by atoms with E-state index in [1.54, 1.807) is 12.1 Å². The van der Waals surface area contributed by atoms with E-state index in [4.69, 9.17) is 5.73 Å². The minimum absolute atomic E-state index is 0. The quantitative estimate of drug-likeness (QED) is 0.850. The molecule has 0 unspecified atom stereocenters. The third-order valence-corrected chi connectivity index (χ3v) is 3.97. The van der Waals surface area contributed by atoms with Gasteiger partial charge in [0, 0.05) is 12.8 Å². The van der Waals surface area contributed by atoms with E-state index in [1.807, 2.05) is 13.8 Å². The lowest BCUT2D eigenvalue weighted by Crippen LogP contribution is -2.43. The molecular formula is C13H21ClN2O3S. The minimum Gasteiger partial charge on any atom is -0.351 e. The second kappa shape index (κ2) is 7.61. The number of hydrogen-bond donors (Lipinski definition) is 2. The Morgan fingerprint density at radius 3 is 2.15 bits per heavy atom. The van der Waals surface area contributed by atoms with Crippen LogP contribution in [0.25, 0.3) is 0 Å². The zero-order chi connectivity index (χ0) is 14.6. The number of amides is 1. The molecule has 0 radical (unpaired) electrons. The predicted molar refractivity (Wildman–Crippen MR) is 81.5 cm³/mol. The van der Waals surface area contributed by atoms with Gasteiger partial charge in [0.1, 0.15) is 0 Å². The summed E-state index contributed by atoms with van der Waals surface area (Å²) in [7, 11) is -3.18. The van der Waals surface area contributed by atoms with Gasteiger partial charge >= 0.3 is 0 Å². The highest BCUT2D eigenvalue weighted by Crippen LogP contribution is 2.10. The van der Waals surface area contributed by atoms with Gasteiger partial charge in [-0.25, -0.2) is 8.42 Å². The molecule has 1 rings (SSSR count). The highest BCUT2D eigenvalue weighted by atomic mass is 35.5. The van der Waals surface area contributed by atoms with Gasteiger partial charge < -0.3 is 11.1 Å². The summed E-state index contributed by atoms with van der Waals surface area (Å²) < 4.78 is 22.6. The first-order chi connectivity index (χ1) is 8.71. The summed E-state index contributed by atoms with van der Waals surface area (Å²) in [5.41, 5.74) is 6.54. The molecule has 0 aliphatic carbocycles. The maximum Gasteiger partial charge on any atom is 0.237 e. The number of hydrogen-bond acceptors (Lipinski definition) is 4. The van der Waals surface area contributed by atoms with Crippen LogP contribution in [0, 0.1) is 5.92 Å². The maximum atomic E-state index is 11.7. The Hall–Kier alpha value is -1.11. The lowest BCUT2D eigenvalue weighted by atomic mass is 10.0. The van der Waals surface area contributed by atoms with Crippen molar-refractivity contribution in [3.8, 4) is 0 Å². The van der Waals surface area contributed by atoms with Gasteiger partial charge in [-0.1, -0.05) is 26.0 Å². The smallest absolute Gasteiger partial charge is 0.237 e.